The van der Waals surface area contributed by atoms with E-state index in [1.54, 1.807) is 18.2 Å². The van der Waals surface area contributed by atoms with Gasteiger partial charge in [0, 0.05) is 125 Å². The molecule has 6 heterocycles. The fourth-order valence-electron chi connectivity index (χ4n) is 11.3. The highest BCUT2D eigenvalue weighted by atomic mass is 19.1. The molecule has 0 radical (unpaired) electrons. The number of carboxylic acids is 3. The second-order valence-electron chi connectivity index (χ2n) is 21.7. The molecule has 4 N–H and O–H groups in total. The number of carbonyl (C=O) groups is 4. The number of nitrogens with one attached hydrogen (secondary N) is 1. The lowest BCUT2D eigenvalue weighted by atomic mass is 10.0. The lowest BCUT2D eigenvalue weighted by molar-refractivity contribution is -0.134. The number of rotatable bonds is 12. The van der Waals surface area contributed by atoms with Crippen molar-refractivity contribution in [2.24, 2.45) is 0 Å². The second-order valence-corrected chi connectivity index (χ2v) is 21.7. The van der Waals surface area contributed by atoms with Crippen molar-refractivity contribution in [3.63, 3.8) is 0 Å². The van der Waals surface area contributed by atoms with Crippen LogP contribution in [0.3, 0.4) is 0 Å². The summed E-state index contributed by atoms with van der Waals surface area (Å²) in [6, 6.07) is 15.0. The normalized spacial score (nSPS) is 18.2. The van der Waals surface area contributed by atoms with Crippen LogP contribution in [0.5, 0.6) is 0 Å². The maximum Gasteiger partial charge on any atom is 0.341 e. The molecular weight excluding hydrogens is 1090 g/mol. The van der Waals surface area contributed by atoms with Crippen molar-refractivity contribution in [3.8, 4) is 0 Å². The number of ketones is 1. The Balaban J connectivity index is 0.000000149. The van der Waals surface area contributed by atoms with E-state index in [4.69, 9.17) is 0 Å². The Labute approximate surface area is 483 Å². The SMILES string of the molecule is CC.CCN1CCN(c2cc3c(cc2F)c(=O)c(C(=O)O)cn3C2CC2)CC1.CCN[C@H]1CCN(c2cc3c(cc2F)c(=O)c(C(=O)O)cn3C2CC2)C1.CN1CCN(c2cc3c(cc2F)CC(=O)C(C(=O)O)=CN3c2ccc(F)cc2)CC1. The summed E-state index contributed by atoms with van der Waals surface area (Å²) in [6.07, 6.45) is 8.54. The zero-order chi connectivity index (χ0) is 60.3. The van der Waals surface area contributed by atoms with Gasteiger partial charge in [0.2, 0.25) is 10.9 Å². The van der Waals surface area contributed by atoms with Crippen LogP contribution in [-0.4, -0.2) is 150 Å². The van der Waals surface area contributed by atoms with Crippen molar-refractivity contribution in [2.45, 2.75) is 84.3 Å². The van der Waals surface area contributed by atoms with Gasteiger partial charge in [-0.25, -0.2) is 31.9 Å². The van der Waals surface area contributed by atoms with Crippen molar-refractivity contribution >= 4 is 73.9 Å². The standard InChI is InChI=1S/C22H21F2N3O3.2C19H22FN3O3.C2H6/c1-25-6-8-26(9-7-25)20-12-19-14(10-18(20)24)11-21(28)17(22(29)30)13-27(19)16-4-2-15(23)3-5-16;1-2-21-5-7-22(8-6-21)17-10-16-13(9-15(17)20)18(24)14(19(25)26)11-23(16)12-3-4-12;1-2-21-11-5-6-22(9-11)17-8-16-13(7-15(17)20)18(24)14(19(25)26)10-23(16)12-3-4-12;1-2/h2-5,10,12-13H,6-9,11H2,1H3,(H,29,30);9-12H,2-8H2,1H3,(H,25,26);7-8,10-12,21H,2-6,9H2,1H3,(H,25,26);1-2H3/t;;11-;/m..0./s1. The van der Waals surface area contributed by atoms with Gasteiger partial charge < -0.3 is 59.2 Å². The third kappa shape index (κ3) is 13.0. The van der Waals surface area contributed by atoms with E-state index >= 15 is 0 Å². The van der Waals surface area contributed by atoms with Crippen molar-refractivity contribution in [1.29, 1.82) is 0 Å². The minimum absolute atomic E-state index is 0.139. The monoisotopic (exact) mass is 1160 g/mol. The topological polar surface area (TPSA) is 204 Å². The molecule has 5 fully saturated rings. The number of aromatic nitrogens is 2. The molecule has 0 bridgehead atoms. The molecule has 84 heavy (non-hydrogen) atoms. The lowest BCUT2D eigenvalue weighted by Gasteiger charge is -2.35. The first-order valence-electron chi connectivity index (χ1n) is 28.8. The van der Waals surface area contributed by atoms with Crippen LogP contribution >= 0.6 is 0 Å². The van der Waals surface area contributed by atoms with Gasteiger partial charge in [-0.15, -0.1) is 0 Å². The third-order valence-electron chi connectivity index (χ3n) is 16.2. The number of likely N-dealkylation sites (N-methyl/N-ethyl adjacent to an activating group) is 3. The fourth-order valence-corrected chi connectivity index (χ4v) is 11.3. The van der Waals surface area contributed by atoms with E-state index in [-0.39, 0.29) is 40.4 Å². The van der Waals surface area contributed by atoms with Crippen molar-refractivity contribution in [2.75, 3.05) is 105 Å². The van der Waals surface area contributed by atoms with Crippen LogP contribution in [0, 0.1) is 23.3 Å². The number of benzene rings is 4. The van der Waals surface area contributed by atoms with Crippen molar-refractivity contribution < 1.29 is 52.1 Å². The number of aliphatic carboxylic acids is 1. The van der Waals surface area contributed by atoms with Crippen molar-refractivity contribution in [1.82, 2.24) is 24.3 Å². The number of nitrogens with zero attached hydrogens (tertiary/aromatic N) is 8. The molecule has 0 spiro atoms. The van der Waals surface area contributed by atoms with Gasteiger partial charge in [0.25, 0.3) is 0 Å². The lowest BCUT2D eigenvalue weighted by Crippen LogP contribution is -2.46. The van der Waals surface area contributed by atoms with E-state index < -0.39 is 63.4 Å². The van der Waals surface area contributed by atoms with E-state index in [1.165, 1.54) is 66.0 Å². The van der Waals surface area contributed by atoms with Crippen LogP contribution in [0.25, 0.3) is 21.8 Å². The highest BCUT2D eigenvalue weighted by Gasteiger charge is 2.33. The molecule has 6 aromatic rings. The number of pyridine rings is 2. The van der Waals surface area contributed by atoms with Crippen LogP contribution in [0.4, 0.5) is 46.0 Å². The highest BCUT2D eigenvalue weighted by molar-refractivity contribution is 6.18. The van der Waals surface area contributed by atoms with Crippen LogP contribution in [0.2, 0.25) is 0 Å². The third-order valence-corrected chi connectivity index (χ3v) is 16.2. The van der Waals surface area contributed by atoms with Gasteiger partial charge in [-0.05, 0) is 118 Å². The molecule has 2 saturated carbocycles. The van der Waals surface area contributed by atoms with Gasteiger partial charge in [-0.2, -0.15) is 0 Å². The summed E-state index contributed by atoms with van der Waals surface area (Å²) >= 11 is 0. The van der Waals surface area contributed by atoms with Gasteiger partial charge in [-0.3, -0.25) is 14.4 Å². The van der Waals surface area contributed by atoms with E-state index in [0.29, 0.717) is 64.2 Å². The van der Waals surface area contributed by atoms with Crippen LogP contribution in [0.1, 0.15) is 98.2 Å². The average molecular weight is 1160 g/mol. The minimum Gasteiger partial charge on any atom is -0.478 e. The molecule has 22 heteroatoms. The zero-order valence-electron chi connectivity index (χ0n) is 47.8. The van der Waals surface area contributed by atoms with Gasteiger partial charge >= 0.3 is 17.9 Å². The molecule has 0 amide bonds. The summed E-state index contributed by atoms with van der Waals surface area (Å²) in [6.45, 7) is 17.6. The molecule has 4 aromatic carbocycles. The Morgan fingerprint density at radius 1 is 0.583 bits per heavy atom. The number of fused-ring (bicyclic) bond motifs is 3. The molecule has 1 atom stereocenters. The Hall–Kier alpha value is -8.08. The Morgan fingerprint density at radius 3 is 1.55 bits per heavy atom. The first kappa shape index (κ1) is 60.5. The van der Waals surface area contributed by atoms with Crippen LogP contribution < -0.4 is 35.8 Å². The maximum absolute atomic E-state index is 15.0. The molecule has 3 saturated heterocycles. The number of anilines is 5. The molecule has 12 rings (SSSR count). The average Bonchev–Trinajstić information content (AvgIpc) is 1.79. The Kier molecular flexibility index (Phi) is 18.6. The van der Waals surface area contributed by atoms with Gasteiger partial charge in [0.1, 0.15) is 40.0 Å². The van der Waals surface area contributed by atoms with E-state index in [9.17, 15) is 61.6 Å². The Bertz CT molecular complexity index is 3510. The number of hydrogen-bond donors (Lipinski definition) is 4. The van der Waals surface area contributed by atoms with Crippen LogP contribution in [0.15, 0.2) is 94.4 Å². The van der Waals surface area contributed by atoms with Gasteiger partial charge in [0.15, 0.2) is 5.78 Å². The maximum atomic E-state index is 15.0. The molecule has 2 aromatic heterocycles. The number of Topliss-reactive ketones (excluding diaryl/α,β-unsaturated/α-hetero) is 1. The number of aromatic carboxylic acids is 2. The number of carboxylic acid groups (broad SMARTS) is 3. The van der Waals surface area contributed by atoms with E-state index in [1.807, 2.05) is 51.7 Å². The molecular formula is C62H71F4N9O9. The highest BCUT2D eigenvalue weighted by Crippen LogP contribution is 2.41. The first-order chi connectivity index (χ1) is 40.3. The number of piperazine rings is 2. The van der Waals surface area contributed by atoms with Crippen LogP contribution in [-0.2, 0) is 16.0 Å². The van der Waals surface area contributed by atoms with Gasteiger partial charge in [-0.1, -0.05) is 27.7 Å². The quantitative estimate of drug-likeness (QED) is 0.0669. The summed E-state index contributed by atoms with van der Waals surface area (Å²) in [5, 5.41) is 31.8. The van der Waals surface area contributed by atoms with Gasteiger partial charge in [0.05, 0.1) is 33.8 Å². The van der Waals surface area contributed by atoms with Crippen molar-refractivity contribution in [3.05, 3.63) is 145 Å². The fraction of sp³-hybridized carbons (Fsp3) is 0.419. The number of carbonyl (C=O) groups excluding carboxylic acids is 1. The second kappa shape index (κ2) is 25.8. The summed E-state index contributed by atoms with van der Waals surface area (Å²) in [7, 11) is 2.00. The Morgan fingerprint density at radius 2 is 1.07 bits per heavy atom. The zero-order valence-corrected chi connectivity index (χ0v) is 47.8. The molecule has 0 unspecified atom stereocenters. The minimum atomic E-state index is -1.36. The molecule has 6 aliphatic rings. The predicted molar refractivity (Wildman–Crippen MR) is 316 cm³/mol. The molecule has 446 valence electrons. The smallest absolute Gasteiger partial charge is 0.341 e. The predicted octanol–water partition coefficient (Wildman–Crippen LogP) is 8.65. The van der Waals surface area contributed by atoms with E-state index in [0.717, 1.165) is 97.6 Å². The number of halogens is 4. The molecule has 18 nitrogen and oxygen atoms in total. The molecule has 4 aliphatic heterocycles. The largest absolute Gasteiger partial charge is 0.478 e. The number of hydrogen-bond acceptors (Lipinski definition) is 13. The summed E-state index contributed by atoms with van der Waals surface area (Å²) in [4.78, 5) is 83.9. The summed E-state index contributed by atoms with van der Waals surface area (Å²) in [5.41, 5.74) is 1.72. The summed E-state index contributed by atoms with van der Waals surface area (Å²) in [5.74, 6) is -6.36. The first-order valence-corrected chi connectivity index (χ1v) is 28.8. The summed E-state index contributed by atoms with van der Waals surface area (Å²) < 4.78 is 61.7. The van der Waals surface area contributed by atoms with E-state index in [2.05, 4.69) is 22.0 Å². The molecule has 2 aliphatic carbocycles.